The van der Waals surface area contributed by atoms with Gasteiger partial charge in [0.15, 0.2) is 6.29 Å². The van der Waals surface area contributed by atoms with Crippen molar-refractivity contribution in [2.45, 2.75) is 81.6 Å². The van der Waals surface area contributed by atoms with Gasteiger partial charge in [-0.25, -0.2) is 0 Å². The van der Waals surface area contributed by atoms with E-state index >= 15 is 0 Å². The average molecular weight is 350 g/mol. The quantitative estimate of drug-likeness (QED) is 0.296. The molecule has 7 atom stereocenters. The van der Waals surface area contributed by atoms with Crippen molar-refractivity contribution in [3.63, 3.8) is 0 Å². The molecule has 0 aromatic rings. The summed E-state index contributed by atoms with van der Waals surface area (Å²) in [4.78, 5) is 0. The standard InChI is InChI=1S/C16H30O8/c1-5-16(4,22)7-6-10(15(2,3)21)24-14-13(20)12(19)11(18)9(8-17)23-14/h5,9-14,17-22H,1,6-8H2,2-4H3/t9-,10?,11-,12+,13-,14+,16-/m1/s1. The molecule has 0 amide bonds. The maximum atomic E-state index is 10.3. The zero-order valence-electron chi connectivity index (χ0n) is 14.4. The summed E-state index contributed by atoms with van der Waals surface area (Å²) in [7, 11) is 0. The van der Waals surface area contributed by atoms with E-state index in [9.17, 15) is 30.6 Å². The molecule has 0 aromatic heterocycles. The van der Waals surface area contributed by atoms with Crippen molar-refractivity contribution >= 4 is 0 Å². The number of rotatable bonds is 8. The third-order valence-corrected chi connectivity index (χ3v) is 4.29. The van der Waals surface area contributed by atoms with Crippen LogP contribution < -0.4 is 0 Å². The van der Waals surface area contributed by atoms with Gasteiger partial charge in [-0.3, -0.25) is 0 Å². The van der Waals surface area contributed by atoms with Crippen molar-refractivity contribution in [2.24, 2.45) is 0 Å². The molecule has 1 aliphatic heterocycles. The molecule has 1 saturated heterocycles. The van der Waals surface area contributed by atoms with Gasteiger partial charge in [0.2, 0.25) is 0 Å². The number of hydrogen-bond donors (Lipinski definition) is 6. The first-order chi connectivity index (χ1) is 10.9. The Morgan fingerprint density at radius 1 is 1.12 bits per heavy atom. The molecular weight excluding hydrogens is 320 g/mol. The monoisotopic (exact) mass is 350 g/mol. The molecule has 1 heterocycles. The molecular formula is C16H30O8. The Labute approximate surface area is 142 Å². The van der Waals surface area contributed by atoms with E-state index < -0.39 is 54.6 Å². The fourth-order valence-electron chi connectivity index (χ4n) is 2.45. The van der Waals surface area contributed by atoms with E-state index in [1.54, 1.807) is 6.92 Å². The summed E-state index contributed by atoms with van der Waals surface area (Å²) in [5.41, 5.74) is -2.47. The molecule has 6 N–H and O–H groups in total. The maximum absolute atomic E-state index is 10.3. The Bertz CT molecular complexity index is 403. The predicted octanol–water partition coefficient (Wildman–Crippen LogP) is -1.34. The van der Waals surface area contributed by atoms with Crippen LogP contribution in [0, 0.1) is 0 Å². The third-order valence-electron chi connectivity index (χ3n) is 4.29. The van der Waals surface area contributed by atoms with Crippen LogP contribution in [0.2, 0.25) is 0 Å². The highest BCUT2D eigenvalue weighted by Crippen LogP contribution is 2.28. The van der Waals surface area contributed by atoms with Gasteiger partial charge in [-0.05, 0) is 33.6 Å². The summed E-state index contributed by atoms with van der Waals surface area (Å²) in [6.07, 6.45) is -6.02. The van der Waals surface area contributed by atoms with Gasteiger partial charge in [-0.2, -0.15) is 0 Å². The molecule has 1 aliphatic rings. The van der Waals surface area contributed by atoms with Gasteiger partial charge in [-0.15, -0.1) is 6.58 Å². The van der Waals surface area contributed by atoms with E-state index in [1.807, 2.05) is 0 Å². The fourth-order valence-corrected chi connectivity index (χ4v) is 2.45. The molecule has 8 nitrogen and oxygen atoms in total. The first-order valence-corrected chi connectivity index (χ1v) is 7.97. The highest BCUT2D eigenvalue weighted by atomic mass is 16.7. The van der Waals surface area contributed by atoms with Gasteiger partial charge in [0.25, 0.3) is 0 Å². The first-order valence-electron chi connectivity index (χ1n) is 7.97. The number of aliphatic hydroxyl groups excluding tert-OH is 4. The van der Waals surface area contributed by atoms with Crippen molar-refractivity contribution < 1.29 is 40.1 Å². The van der Waals surface area contributed by atoms with Gasteiger partial charge < -0.3 is 40.1 Å². The fraction of sp³-hybridized carbons (Fsp3) is 0.875. The molecule has 1 rings (SSSR count). The second-order valence-corrected chi connectivity index (χ2v) is 7.08. The molecule has 1 unspecified atom stereocenters. The Hall–Kier alpha value is -0.580. The maximum Gasteiger partial charge on any atom is 0.187 e. The van der Waals surface area contributed by atoms with Gasteiger partial charge in [0.1, 0.15) is 24.4 Å². The minimum Gasteiger partial charge on any atom is -0.394 e. The largest absolute Gasteiger partial charge is 0.394 e. The predicted molar refractivity (Wildman–Crippen MR) is 85.0 cm³/mol. The number of ether oxygens (including phenoxy) is 2. The lowest BCUT2D eigenvalue weighted by molar-refractivity contribution is -0.322. The Kier molecular flexibility index (Phi) is 7.33. The Balaban J connectivity index is 2.83. The van der Waals surface area contributed by atoms with Crippen LogP contribution in [0.1, 0.15) is 33.6 Å². The Morgan fingerprint density at radius 3 is 2.17 bits per heavy atom. The summed E-state index contributed by atoms with van der Waals surface area (Å²) >= 11 is 0. The van der Waals surface area contributed by atoms with Crippen LogP contribution in [0.25, 0.3) is 0 Å². The molecule has 0 aromatic carbocycles. The SMILES string of the molecule is C=C[C@@](C)(O)CCC(O[C@@H]1O[C@H](CO)[C@@H](O)[C@H](O)[C@H]1O)C(C)(C)O. The summed E-state index contributed by atoms with van der Waals surface area (Å²) in [6.45, 7) is 7.54. The lowest BCUT2D eigenvalue weighted by atomic mass is 9.91. The molecule has 0 aliphatic carbocycles. The normalized spacial score (nSPS) is 35.3. The van der Waals surface area contributed by atoms with Crippen LogP contribution in [0.4, 0.5) is 0 Å². The lowest BCUT2D eigenvalue weighted by Crippen LogP contribution is -2.60. The van der Waals surface area contributed by atoms with Crippen molar-refractivity contribution in [2.75, 3.05) is 6.61 Å². The van der Waals surface area contributed by atoms with E-state index in [-0.39, 0.29) is 12.8 Å². The van der Waals surface area contributed by atoms with E-state index in [2.05, 4.69) is 6.58 Å². The van der Waals surface area contributed by atoms with Crippen molar-refractivity contribution in [1.82, 2.24) is 0 Å². The first kappa shape index (κ1) is 21.5. The lowest BCUT2D eigenvalue weighted by Gasteiger charge is -2.42. The van der Waals surface area contributed by atoms with Crippen LogP contribution in [-0.2, 0) is 9.47 Å². The van der Waals surface area contributed by atoms with Gasteiger partial charge in [-0.1, -0.05) is 6.08 Å². The molecule has 24 heavy (non-hydrogen) atoms. The average Bonchev–Trinajstić information content (AvgIpc) is 2.50. The molecule has 1 fully saturated rings. The number of hydrogen-bond acceptors (Lipinski definition) is 8. The summed E-state index contributed by atoms with van der Waals surface area (Å²) < 4.78 is 10.9. The van der Waals surface area contributed by atoms with E-state index in [0.717, 1.165) is 0 Å². The van der Waals surface area contributed by atoms with Gasteiger partial charge in [0, 0.05) is 0 Å². The minimum absolute atomic E-state index is 0.220. The Morgan fingerprint density at radius 2 is 1.71 bits per heavy atom. The van der Waals surface area contributed by atoms with Gasteiger partial charge in [0.05, 0.1) is 23.9 Å². The van der Waals surface area contributed by atoms with E-state index in [1.165, 1.54) is 19.9 Å². The van der Waals surface area contributed by atoms with E-state index in [4.69, 9.17) is 9.47 Å². The minimum atomic E-state index is -1.56. The zero-order chi connectivity index (χ0) is 18.7. The zero-order valence-corrected chi connectivity index (χ0v) is 14.4. The van der Waals surface area contributed by atoms with Crippen LogP contribution in [-0.4, -0.2) is 85.3 Å². The van der Waals surface area contributed by atoms with Crippen LogP contribution in [0.5, 0.6) is 0 Å². The summed E-state index contributed by atoms with van der Waals surface area (Å²) in [6, 6.07) is 0. The van der Waals surface area contributed by atoms with Crippen LogP contribution in [0.15, 0.2) is 12.7 Å². The van der Waals surface area contributed by atoms with E-state index in [0.29, 0.717) is 0 Å². The second kappa shape index (κ2) is 8.20. The molecule has 0 saturated carbocycles. The summed E-state index contributed by atoms with van der Waals surface area (Å²) in [5.74, 6) is 0. The summed E-state index contributed by atoms with van der Waals surface area (Å²) in [5, 5.41) is 59.1. The van der Waals surface area contributed by atoms with Crippen LogP contribution in [0.3, 0.4) is 0 Å². The molecule has 0 spiro atoms. The van der Waals surface area contributed by atoms with Crippen molar-refractivity contribution in [1.29, 1.82) is 0 Å². The van der Waals surface area contributed by atoms with Crippen LogP contribution >= 0.6 is 0 Å². The highest BCUT2D eigenvalue weighted by Gasteiger charge is 2.46. The third kappa shape index (κ3) is 5.47. The molecule has 8 heteroatoms. The molecule has 142 valence electrons. The van der Waals surface area contributed by atoms with Crippen molar-refractivity contribution in [3.8, 4) is 0 Å². The highest BCUT2D eigenvalue weighted by molar-refractivity contribution is 4.94. The molecule has 0 bridgehead atoms. The second-order valence-electron chi connectivity index (χ2n) is 7.08. The molecule has 0 radical (unpaired) electrons. The van der Waals surface area contributed by atoms with Gasteiger partial charge >= 0.3 is 0 Å². The van der Waals surface area contributed by atoms with Crippen molar-refractivity contribution in [3.05, 3.63) is 12.7 Å². The number of aliphatic hydroxyl groups is 6. The topological polar surface area (TPSA) is 140 Å². The smallest absolute Gasteiger partial charge is 0.187 e.